The number of benzene rings is 1. The van der Waals surface area contributed by atoms with E-state index in [-0.39, 0.29) is 23.2 Å². The average Bonchev–Trinajstić information content (AvgIpc) is 3.08. The number of aliphatic hydroxyl groups excluding tert-OH is 1. The number of hydrogen-bond acceptors (Lipinski definition) is 3. The van der Waals surface area contributed by atoms with Gasteiger partial charge in [0.15, 0.2) is 0 Å². The van der Waals surface area contributed by atoms with Gasteiger partial charge in [-0.2, -0.15) is 0 Å². The van der Waals surface area contributed by atoms with E-state index in [2.05, 4.69) is 32.9 Å². The smallest absolute Gasteiger partial charge is 0.0717 e. The molecule has 0 saturated heterocycles. The molecule has 21 heavy (non-hydrogen) atoms. The monoisotopic (exact) mass is 290 g/mol. The van der Waals surface area contributed by atoms with E-state index < -0.39 is 0 Å². The zero-order valence-corrected chi connectivity index (χ0v) is 13.2. The highest BCUT2D eigenvalue weighted by molar-refractivity contribution is 5.17. The summed E-state index contributed by atoms with van der Waals surface area (Å²) in [5.74, 6) is 0.362. The van der Waals surface area contributed by atoms with E-state index in [9.17, 15) is 5.11 Å². The third-order valence-electron chi connectivity index (χ3n) is 4.72. The van der Waals surface area contributed by atoms with Crippen molar-refractivity contribution < 1.29 is 14.6 Å². The van der Waals surface area contributed by atoms with Gasteiger partial charge in [0.1, 0.15) is 0 Å². The Balaban J connectivity index is 1.58. The first-order chi connectivity index (χ1) is 9.91. The van der Waals surface area contributed by atoms with Crippen molar-refractivity contribution in [2.24, 2.45) is 11.3 Å². The van der Waals surface area contributed by atoms with Crippen molar-refractivity contribution in [1.29, 1.82) is 0 Å². The predicted octanol–water partition coefficient (Wildman–Crippen LogP) is 3.16. The van der Waals surface area contributed by atoms with Crippen molar-refractivity contribution in [1.82, 2.24) is 0 Å². The van der Waals surface area contributed by atoms with Crippen LogP contribution in [0.25, 0.3) is 0 Å². The van der Waals surface area contributed by atoms with Crippen LogP contribution in [0.3, 0.4) is 0 Å². The molecule has 3 rings (SSSR count). The molecule has 3 nitrogen and oxygen atoms in total. The fourth-order valence-electron chi connectivity index (χ4n) is 3.64. The molecule has 0 amide bonds. The summed E-state index contributed by atoms with van der Waals surface area (Å²) in [6.45, 7) is 7.55. The molecule has 1 aromatic carbocycles. The van der Waals surface area contributed by atoms with Gasteiger partial charge in [-0.1, -0.05) is 30.3 Å². The van der Waals surface area contributed by atoms with Crippen LogP contribution in [-0.2, 0) is 16.1 Å². The molecule has 0 aromatic heterocycles. The lowest BCUT2D eigenvalue weighted by Crippen LogP contribution is -2.35. The van der Waals surface area contributed by atoms with Crippen molar-refractivity contribution in [3.63, 3.8) is 0 Å². The summed E-state index contributed by atoms with van der Waals surface area (Å²) in [6.07, 6.45) is 1.67. The summed E-state index contributed by atoms with van der Waals surface area (Å²) in [5, 5.41) is 10.2. The highest BCUT2D eigenvalue weighted by atomic mass is 16.5. The first-order valence-electron chi connectivity index (χ1n) is 7.88. The number of fused-ring (bicyclic) bond motifs is 1. The number of aliphatic hydroxyl groups is 1. The summed E-state index contributed by atoms with van der Waals surface area (Å²) in [5.41, 5.74) is 1.06. The van der Waals surface area contributed by atoms with E-state index in [0.29, 0.717) is 19.1 Å². The fraction of sp³-hybridized carbons (Fsp3) is 0.667. The van der Waals surface area contributed by atoms with E-state index in [1.54, 1.807) is 0 Å². The van der Waals surface area contributed by atoms with Gasteiger partial charge in [-0.15, -0.1) is 0 Å². The van der Waals surface area contributed by atoms with Gasteiger partial charge in [0.2, 0.25) is 0 Å². The Kier molecular flexibility index (Phi) is 3.85. The minimum atomic E-state index is -0.224. The molecular formula is C18H26O3. The van der Waals surface area contributed by atoms with E-state index in [1.165, 1.54) is 5.56 Å². The second-order valence-electron chi connectivity index (χ2n) is 7.54. The Morgan fingerprint density at radius 1 is 1.24 bits per heavy atom. The second kappa shape index (κ2) is 5.38. The Bertz CT molecular complexity index is 479. The van der Waals surface area contributed by atoms with Crippen molar-refractivity contribution >= 4 is 0 Å². The maximum absolute atomic E-state index is 10.2. The maximum atomic E-state index is 10.2. The molecule has 0 radical (unpaired) electrons. The molecule has 1 aromatic rings. The van der Waals surface area contributed by atoms with Crippen LogP contribution in [0.4, 0.5) is 0 Å². The zero-order chi connectivity index (χ0) is 15.1. The zero-order valence-electron chi connectivity index (χ0n) is 13.2. The van der Waals surface area contributed by atoms with Crippen LogP contribution in [-0.4, -0.2) is 29.5 Å². The van der Waals surface area contributed by atoms with Crippen LogP contribution >= 0.6 is 0 Å². The van der Waals surface area contributed by atoms with Gasteiger partial charge < -0.3 is 14.6 Å². The van der Waals surface area contributed by atoms with Gasteiger partial charge in [0, 0.05) is 11.8 Å². The Labute approximate surface area is 127 Å². The number of rotatable bonds is 5. The molecule has 2 saturated carbocycles. The molecule has 0 aliphatic heterocycles. The molecule has 2 aliphatic rings. The van der Waals surface area contributed by atoms with Gasteiger partial charge in [-0.25, -0.2) is 0 Å². The first-order valence-corrected chi connectivity index (χ1v) is 7.88. The lowest BCUT2D eigenvalue weighted by molar-refractivity contribution is -0.105. The molecule has 0 spiro atoms. The Hall–Kier alpha value is -0.900. The molecule has 3 heteroatoms. The molecule has 0 heterocycles. The molecule has 116 valence electrons. The molecule has 4 atom stereocenters. The average molecular weight is 290 g/mol. The van der Waals surface area contributed by atoms with Crippen LogP contribution in [0.2, 0.25) is 0 Å². The Morgan fingerprint density at radius 3 is 2.57 bits per heavy atom. The molecular weight excluding hydrogens is 264 g/mol. The highest BCUT2D eigenvalue weighted by Crippen LogP contribution is 2.65. The largest absolute Gasteiger partial charge is 0.393 e. The van der Waals surface area contributed by atoms with Crippen LogP contribution in [0.15, 0.2) is 30.3 Å². The molecule has 2 fully saturated rings. The maximum Gasteiger partial charge on any atom is 0.0717 e. The normalized spacial score (nSPS) is 34.8. The van der Waals surface area contributed by atoms with Gasteiger partial charge in [0.25, 0.3) is 0 Å². The predicted molar refractivity (Wildman–Crippen MR) is 81.9 cm³/mol. The lowest BCUT2D eigenvalue weighted by atomic mass is 10.0. The minimum absolute atomic E-state index is 0.0431. The molecule has 2 aliphatic carbocycles. The summed E-state index contributed by atoms with van der Waals surface area (Å²) < 4.78 is 12.1. The Morgan fingerprint density at radius 2 is 1.95 bits per heavy atom. The quantitative estimate of drug-likeness (QED) is 0.905. The van der Waals surface area contributed by atoms with Gasteiger partial charge in [0.05, 0.1) is 31.0 Å². The van der Waals surface area contributed by atoms with Crippen LogP contribution in [0.1, 0.15) is 39.2 Å². The third-order valence-corrected chi connectivity index (χ3v) is 4.72. The van der Waals surface area contributed by atoms with Crippen molar-refractivity contribution in [3.8, 4) is 0 Å². The SMILES string of the molecule is CC(C)(C)O[C@H]1C[C@@H](O)C2C[C@@]21COCc1ccccc1. The molecule has 1 unspecified atom stereocenters. The standard InChI is InChI=1S/C18H26O3/c1-17(2,3)21-16-9-15(19)14-10-18(14,16)12-20-11-13-7-5-4-6-8-13/h4-8,14-16,19H,9-12H2,1-3H3/t14?,15-,16+,18-/m1/s1. The van der Waals surface area contributed by atoms with Gasteiger partial charge >= 0.3 is 0 Å². The van der Waals surface area contributed by atoms with Crippen molar-refractivity contribution in [2.75, 3.05) is 6.61 Å². The van der Waals surface area contributed by atoms with Gasteiger partial charge in [-0.3, -0.25) is 0 Å². The third kappa shape index (κ3) is 3.15. The first kappa shape index (κ1) is 15.0. The molecule has 0 bridgehead atoms. The highest BCUT2D eigenvalue weighted by Gasteiger charge is 2.68. The number of hydrogen-bond donors (Lipinski definition) is 1. The summed E-state index contributed by atoms with van der Waals surface area (Å²) in [6, 6.07) is 10.2. The number of ether oxygens (including phenoxy) is 2. The second-order valence-corrected chi connectivity index (χ2v) is 7.54. The summed E-state index contributed by atoms with van der Waals surface area (Å²) in [7, 11) is 0. The molecule has 1 N–H and O–H groups in total. The van der Waals surface area contributed by atoms with E-state index in [4.69, 9.17) is 9.47 Å². The lowest BCUT2D eigenvalue weighted by Gasteiger charge is -2.31. The van der Waals surface area contributed by atoms with E-state index in [0.717, 1.165) is 12.8 Å². The van der Waals surface area contributed by atoms with E-state index >= 15 is 0 Å². The summed E-state index contributed by atoms with van der Waals surface area (Å²) >= 11 is 0. The van der Waals surface area contributed by atoms with Crippen LogP contribution in [0.5, 0.6) is 0 Å². The minimum Gasteiger partial charge on any atom is -0.393 e. The van der Waals surface area contributed by atoms with Gasteiger partial charge in [-0.05, 0) is 38.7 Å². The topological polar surface area (TPSA) is 38.7 Å². The van der Waals surface area contributed by atoms with Crippen LogP contribution in [0, 0.1) is 11.3 Å². The van der Waals surface area contributed by atoms with Crippen LogP contribution < -0.4 is 0 Å². The van der Waals surface area contributed by atoms with Crippen molar-refractivity contribution in [2.45, 2.75) is 58.0 Å². The summed E-state index contributed by atoms with van der Waals surface area (Å²) in [4.78, 5) is 0. The fourth-order valence-corrected chi connectivity index (χ4v) is 3.64. The van der Waals surface area contributed by atoms with Crippen molar-refractivity contribution in [3.05, 3.63) is 35.9 Å². The van der Waals surface area contributed by atoms with E-state index in [1.807, 2.05) is 18.2 Å².